The Morgan fingerprint density at radius 1 is 1.47 bits per heavy atom. The lowest BCUT2D eigenvalue weighted by atomic mass is 10.3. The lowest BCUT2D eigenvalue weighted by Crippen LogP contribution is -2.29. The summed E-state index contributed by atoms with van der Waals surface area (Å²) in [4.78, 5) is 7.02. The van der Waals surface area contributed by atoms with E-state index in [2.05, 4.69) is 16.1 Å². The van der Waals surface area contributed by atoms with Gasteiger partial charge < -0.3 is 10.1 Å². The lowest BCUT2D eigenvalue weighted by molar-refractivity contribution is 0.259. The topological polar surface area (TPSA) is 70.4 Å². The van der Waals surface area contributed by atoms with Crippen molar-refractivity contribution in [2.75, 3.05) is 6.54 Å². The first-order valence-corrected chi connectivity index (χ1v) is 6.72. The molecule has 2 aromatic heterocycles. The third-order valence-electron chi connectivity index (χ3n) is 3.51. The van der Waals surface area contributed by atoms with Crippen molar-refractivity contribution >= 4 is 11.5 Å². The van der Waals surface area contributed by atoms with Crippen molar-refractivity contribution < 1.29 is 0 Å². The maximum absolute atomic E-state index is 7.35. The standard InChI is InChI=1S/C14H19N5/c15-13(16)6-8-18(12-4-5-12)9-11-10-19-7-2-1-3-14(19)17-11/h1-3,7,10,12H,4-6,8-9H2,(H3,15,16). The number of fused-ring (bicyclic) bond motifs is 1. The van der Waals surface area contributed by atoms with E-state index in [4.69, 9.17) is 11.1 Å². The summed E-state index contributed by atoms with van der Waals surface area (Å²) in [5.74, 6) is 0.264. The Balaban J connectivity index is 1.71. The Labute approximate surface area is 112 Å². The summed E-state index contributed by atoms with van der Waals surface area (Å²) >= 11 is 0. The molecule has 0 unspecified atom stereocenters. The number of pyridine rings is 1. The fourth-order valence-corrected chi connectivity index (χ4v) is 2.37. The van der Waals surface area contributed by atoms with Crippen LogP contribution in [0, 0.1) is 5.41 Å². The first-order valence-electron chi connectivity index (χ1n) is 6.72. The number of rotatable bonds is 6. The maximum atomic E-state index is 7.35. The van der Waals surface area contributed by atoms with Crippen molar-refractivity contribution in [3.05, 3.63) is 36.3 Å². The molecule has 2 heterocycles. The highest BCUT2D eigenvalue weighted by Crippen LogP contribution is 2.28. The van der Waals surface area contributed by atoms with Crippen LogP contribution in [-0.2, 0) is 6.54 Å². The van der Waals surface area contributed by atoms with Gasteiger partial charge >= 0.3 is 0 Å². The number of hydrogen-bond acceptors (Lipinski definition) is 3. The molecule has 1 aliphatic carbocycles. The van der Waals surface area contributed by atoms with Gasteiger partial charge in [-0.15, -0.1) is 0 Å². The van der Waals surface area contributed by atoms with Gasteiger partial charge in [0.05, 0.1) is 11.5 Å². The second-order valence-corrected chi connectivity index (χ2v) is 5.18. The molecule has 19 heavy (non-hydrogen) atoms. The Kier molecular flexibility index (Phi) is 3.21. The van der Waals surface area contributed by atoms with Gasteiger partial charge in [-0.1, -0.05) is 6.07 Å². The number of aromatic nitrogens is 2. The molecule has 5 nitrogen and oxygen atoms in total. The van der Waals surface area contributed by atoms with Crippen LogP contribution in [0.2, 0.25) is 0 Å². The zero-order valence-electron chi connectivity index (χ0n) is 10.9. The molecule has 0 aliphatic heterocycles. The summed E-state index contributed by atoms with van der Waals surface area (Å²) < 4.78 is 2.05. The largest absolute Gasteiger partial charge is 0.388 e. The summed E-state index contributed by atoms with van der Waals surface area (Å²) in [5.41, 5.74) is 7.52. The van der Waals surface area contributed by atoms with E-state index in [0.29, 0.717) is 12.5 Å². The normalized spacial score (nSPS) is 15.2. The SMILES string of the molecule is N=C(N)CCN(Cc1cn2ccccc2n1)C1CC1. The van der Waals surface area contributed by atoms with Crippen LogP contribution >= 0.6 is 0 Å². The zero-order valence-corrected chi connectivity index (χ0v) is 10.9. The fourth-order valence-electron chi connectivity index (χ4n) is 2.37. The van der Waals surface area contributed by atoms with E-state index in [1.54, 1.807) is 0 Å². The molecule has 0 saturated heterocycles. The average Bonchev–Trinajstić information content (AvgIpc) is 3.14. The number of nitrogens with zero attached hydrogens (tertiary/aromatic N) is 3. The predicted octanol–water partition coefficient (Wildman–Crippen LogP) is 1.62. The van der Waals surface area contributed by atoms with Gasteiger partial charge in [0.25, 0.3) is 0 Å². The van der Waals surface area contributed by atoms with Crippen LogP contribution < -0.4 is 5.73 Å². The molecule has 0 amide bonds. The van der Waals surface area contributed by atoms with E-state index < -0.39 is 0 Å². The molecule has 1 aliphatic rings. The molecule has 3 rings (SSSR count). The van der Waals surface area contributed by atoms with Crippen LogP contribution in [0.25, 0.3) is 5.65 Å². The van der Waals surface area contributed by atoms with E-state index in [-0.39, 0.29) is 5.84 Å². The molecule has 1 saturated carbocycles. The van der Waals surface area contributed by atoms with Gasteiger partial charge in [0.2, 0.25) is 0 Å². The molecule has 100 valence electrons. The van der Waals surface area contributed by atoms with Crippen molar-refractivity contribution in [2.24, 2.45) is 5.73 Å². The monoisotopic (exact) mass is 257 g/mol. The Morgan fingerprint density at radius 2 is 2.32 bits per heavy atom. The fraction of sp³-hybridized carbons (Fsp3) is 0.429. The number of hydrogen-bond donors (Lipinski definition) is 2. The van der Waals surface area contributed by atoms with Gasteiger partial charge in [0.15, 0.2) is 0 Å². The van der Waals surface area contributed by atoms with Gasteiger partial charge in [-0.2, -0.15) is 0 Å². The third kappa shape index (κ3) is 2.93. The summed E-state index contributed by atoms with van der Waals surface area (Å²) in [6, 6.07) is 6.68. The molecule has 1 fully saturated rings. The first kappa shape index (κ1) is 12.2. The molecular formula is C14H19N5. The minimum absolute atomic E-state index is 0.264. The molecule has 2 aromatic rings. The second-order valence-electron chi connectivity index (χ2n) is 5.18. The summed E-state index contributed by atoms with van der Waals surface area (Å²) in [7, 11) is 0. The first-order chi connectivity index (χ1) is 9.22. The van der Waals surface area contributed by atoms with E-state index in [1.165, 1.54) is 12.8 Å². The highest BCUT2D eigenvalue weighted by molar-refractivity contribution is 5.76. The molecule has 0 atom stereocenters. The van der Waals surface area contributed by atoms with Crippen molar-refractivity contribution in [1.29, 1.82) is 5.41 Å². The van der Waals surface area contributed by atoms with Crippen molar-refractivity contribution in [2.45, 2.75) is 31.8 Å². The van der Waals surface area contributed by atoms with Crippen LogP contribution in [0.15, 0.2) is 30.6 Å². The van der Waals surface area contributed by atoms with E-state index in [0.717, 1.165) is 24.4 Å². The van der Waals surface area contributed by atoms with E-state index in [9.17, 15) is 0 Å². The van der Waals surface area contributed by atoms with Gasteiger partial charge in [-0.25, -0.2) is 4.98 Å². The number of nitrogens with one attached hydrogen (secondary N) is 1. The molecule has 0 bridgehead atoms. The van der Waals surface area contributed by atoms with Crippen LogP contribution in [0.5, 0.6) is 0 Å². The maximum Gasteiger partial charge on any atom is 0.137 e. The zero-order chi connectivity index (χ0) is 13.2. The van der Waals surface area contributed by atoms with E-state index in [1.807, 2.05) is 28.8 Å². The van der Waals surface area contributed by atoms with Crippen LogP contribution in [0.4, 0.5) is 0 Å². The van der Waals surface area contributed by atoms with Crippen LogP contribution in [-0.4, -0.2) is 32.7 Å². The van der Waals surface area contributed by atoms with Crippen molar-refractivity contribution in [1.82, 2.24) is 14.3 Å². The number of nitrogens with two attached hydrogens (primary N) is 1. The van der Waals surface area contributed by atoms with Crippen molar-refractivity contribution in [3.8, 4) is 0 Å². The minimum Gasteiger partial charge on any atom is -0.388 e. The Morgan fingerprint density at radius 3 is 3.00 bits per heavy atom. The lowest BCUT2D eigenvalue weighted by Gasteiger charge is -2.20. The van der Waals surface area contributed by atoms with Gasteiger partial charge in [0, 0.05) is 37.9 Å². The average molecular weight is 257 g/mol. The second kappa shape index (κ2) is 5.01. The third-order valence-corrected chi connectivity index (χ3v) is 3.51. The predicted molar refractivity (Wildman–Crippen MR) is 75.2 cm³/mol. The van der Waals surface area contributed by atoms with Crippen LogP contribution in [0.1, 0.15) is 25.0 Å². The smallest absolute Gasteiger partial charge is 0.137 e. The molecule has 0 radical (unpaired) electrons. The quantitative estimate of drug-likeness (QED) is 0.610. The van der Waals surface area contributed by atoms with Crippen LogP contribution in [0.3, 0.4) is 0 Å². The molecule has 0 spiro atoms. The Hall–Kier alpha value is -1.88. The highest BCUT2D eigenvalue weighted by Gasteiger charge is 2.29. The molecular weight excluding hydrogens is 238 g/mol. The number of imidazole rings is 1. The van der Waals surface area contributed by atoms with Gasteiger partial charge in [-0.3, -0.25) is 10.3 Å². The van der Waals surface area contributed by atoms with E-state index >= 15 is 0 Å². The molecule has 0 aromatic carbocycles. The van der Waals surface area contributed by atoms with Gasteiger partial charge in [0.1, 0.15) is 5.65 Å². The molecule has 3 N–H and O–H groups in total. The van der Waals surface area contributed by atoms with Crippen molar-refractivity contribution in [3.63, 3.8) is 0 Å². The van der Waals surface area contributed by atoms with Gasteiger partial charge in [-0.05, 0) is 25.0 Å². The summed E-state index contributed by atoms with van der Waals surface area (Å²) in [6.07, 6.45) is 7.25. The Bertz CT molecular complexity index is 551. The number of amidine groups is 1. The molecule has 5 heteroatoms. The summed E-state index contributed by atoms with van der Waals surface area (Å²) in [5, 5.41) is 7.35. The highest BCUT2D eigenvalue weighted by atomic mass is 15.2. The summed E-state index contributed by atoms with van der Waals surface area (Å²) in [6.45, 7) is 1.70. The minimum atomic E-state index is 0.264.